The van der Waals surface area contributed by atoms with Gasteiger partial charge in [-0.3, -0.25) is 9.78 Å². The number of amides is 1. The van der Waals surface area contributed by atoms with Gasteiger partial charge in [-0.15, -0.1) is 11.3 Å². The largest absolute Gasteiger partial charge is 0.492 e. The van der Waals surface area contributed by atoms with Crippen molar-refractivity contribution in [3.8, 4) is 16.2 Å². The number of carbonyl (C=O) groups excluding carboxylic acids is 1. The molecule has 0 spiro atoms. The summed E-state index contributed by atoms with van der Waals surface area (Å²) in [5.74, 6) is 0.441. The molecule has 0 unspecified atom stereocenters. The topological polar surface area (TPSA) is 79.8 Å². The van der Waals surface area contributed by atoms with Crippen LogP contribution >= 0.6 is 11.3 Å². The minimum atomic E-state index is -3.61. The summed E-state index contributed by atoms with van der Waals surface area (Å²) in [6.45, 7) is 3.47. The maximum atomic E-state index is 13.2. The molecule has 1 amide bonds. The standard InChI is InChI=1S/C22H23N3O4S2/c1-2-29-19-15-20(17-7-4-3-5-8-17)30-21(19)22(26)24-11-13-25(14-12-24)31(27,28)18-9-6-10-23-16-18/h3-10,15-16H,2,11-14H2,1H3. The maximum Gasteiger partial charge on any atom is 0.267 e. The normalized spacial score (nSPS) is 15.1. The molecule has 0 atom stereocenters. The minimum Gasteiger partial charge on any atom is -0.492 e. The van der Waals surface area contributed by atoms with Crippen LogP contribution in [0.25, 0.3) is 10.4 Å². The molecule has 0 radical (unpaired) electrons. The second-order valence-corrected chi connectivity index (χ2v) is 9.98. The van der Waals surface area contributed by atoms with Crippen molar-refractivity contribution in [1.29, 1.82) is 0 Å². The zero-order chi connectivity index (χ0) is 21.8. The van der Waals surface area contributed by atoms with Gasteiger partial charge in [-0.1, -0.05) is 30.3 Å². The van der Waals surface area contributed by atoms with Gasteiger partial charge in [0.1, 0.15) is 15.5 Å². The highest BCUT2D eigenvalue weighted by Crippen LogP contribution is 2.37. The molecule has 1 aliphatic rings. The fraction of sp³-hybridized carbons (Fsp3) is 0.273. The molecule has 31 heavy (non-hydrogen) atoms. The van der Waals surface area contributed by atoms with Crippen LogP contribution in [0, 0.1) is 0 Å². The van der Waals surface area contributed by atoms with E-state index in [1.54, 1.807) is 11.0 Å². The van der Waals surface area contributed by atoms with Crippen LogP contribution in [0.2, 0.25) is 0 Å². The number of hydrogen-bond donors (Lipinski definition) is 0. The lowest BCUT2D eigenvalue weighted by Crippen LogP contribution is -2.50. The molecule has 1 aromatic carbocycles. The third kappa shape index (κ3) is 4.48. The number of thiophene rings is 1. The van der Waals surface area contributed by atoms with E-state index in [1.165, 1.54) is 34.1 Å². The SMILES string of the molecule is CCOc1cc(-c2ccccc2)sc1C(=O)N1CCN(S(=O)(=O)c2cccnc2)CC1. The fourth-order valence-corrected chi connectivity index (χ4v) is 5.92. The molecule has 4 rings (SSSR count). The molecule has 0 N–H and O–H groups in total. The third-order valence-electron chi connectivity index (χ3n) is 5.05. The van der Waals surface area contributed by atoms with Gasteiger partial charge < -0.3 is 9.64 Å². The molecule has 3 aromatic rings. The monoisotopic (exact) mass is 457 g/mol. The Kier molecular flexibility index (Phi) is 6.35. The fourth-order valence-electron chi connectivity index (χ4n) is 3.45. The van der Waals surface area contributed by atoms with Crippen molar-refractivity contribution in [2.75, 3.05) is 32.8 Å². The van der Waals surface area contributed by atoms with Gasteiger partial charge in [0.15, 0.2) is 0 Å². The van der Waals surface area contributed by atoms with E-state index >= 15 is 0 Å². The Bertz CT molecular complexity index is 1140. The highest BCUT2D eigenvalue weighted by Gasteiger charge is 2.32. The van der Waals surface area contributed by atoms with E-state index in [9.17, 15) is 13.2 Å². The van der Waals surface area contributed by atoms with Gasteiger partial charge in [0, 0.05) is 43.4 Å². The molecule has 7 nitrogen and oxygen atoms in total. The van der Waals surface area contributed by atoms with E-state index in [-0.39, 0.29) is 23.9 Å². The van der Waals surface area contributed by atoms with E-state index < -0.39 is 10.0 Å². The molecule has 9 heteroatoms. The van der Waals surface area contributed by atoms with E-state index in [1.807, 2.05) is 43.3 Å². The molecule has 2 aromatic heterocycles. The number of hydrogen-bond acceptors (Lipinski definition) is 6. The lowest BCUT2D eigenvalue weighted by atomic mass is 10.2. The van der Waals surface area contributed by atoms with Gasteiger partial charge in [-0.25, -0.2) is 8.42 Å². The van der Waals surface area contributed by atoms with Crippen molar-refractivity contribution in [2.24, 2.45) is 0 Å². The van der Waals surface area contributed by atoms with Crippen LogP contribution in [0.15, 0.2) is 65.8 Å². The Labute approximate surface area is 186 Å². The first kappa shape index (κ1) is 21.5. The van der Waals surface area contributed by atoms with E-state index in [0.717, 1.165) is 10.4 Å². The molecule has 0 aliphatic carbocycles. The van der Waals surface area contributed by atoms with Crippen LogP contribution in [0.4, 0.5) is 0 Å². The van der Waals surface area contributed by atoms with E-state index in [2.05, 4.69) is 4.98 Å². The Balaban J connectivity index is 1.50. The number of carbonyl (C=O) groups is 1. The van der Waals surface area contributed by atoms with E-state index in [0.29, 0.717) is 30.3 Å². The van der Waals surface area contributed by atoms with E-state index in [4.69, 9.17) is 4.74 Å². The molecule has 1 aliphatic heterocycles. The van der Waals surface area contributed by atoms with Gasteiger partial charge in [-0.05, 0) is 30.7 Å². The first-order valence-electron chi connectivity index (χ1n) is 10.0. The van der Waals surface area contributed by atoms with Crippen LogP contribution in [0.1, 0.15) is 16.6 Å². The summed E-state index contributed by atoms with van der Waals surface area (Å²) < 4.78 is 32.7. The maximum absolute atomic E-state index is 13.2. The number of benzene rings is 1. The number of pyridine rings is 1. The molecule has 1 fully saturated rings. The predicted molar refractivity (Wildman–Crippen MR) is 120 cm³/mol. The molecule has 1 saturated heterocycles. The Morgan fingerprint density at radius 2 is 1.84 bits per heavy atom. The van der Waals surface area contributed by atoms with Gasteiger partial charge in [0.05, 0.1) is 6.61 Å². The van der Waals surface area contributed by atoms with Crippen molar-refractivity contribution in [3.05, 3.63) is 65.8 Å². The zero-order valence-corrected chi connectivity index (χ0v) is 18.7. The third-order valence-corrected chi connectivity index (χ3v) is 8.08. The lowest BCUT2D eigenvalue weighted by Gasteiger charge is -2.33. The Morgan fingerprint density at radius 3 is 2.48 bits per heavy atom. The average Bonchev–Trinajstić information content (AvgIpc) is 3.24. The zero-order valence-electron chi connectivity index (χ0n) is 17.1. The van der Waals surface area contributed by atoms with Crippen LogP contribution in [0.3, 0.4) is 0 Å². The average molecular weight is 458 g/mol. The number of piperazine rings is 1. The van der Waals surface area contributed by atoms with Crippen LogP contribution < -0.4 is 4.74 Å². The van der Waals surface area contributed by atoms with Crippen molar-refractivity contribution in [3.63, 3.8) is 0 Å². The smallest absolute Gasteiger partial charge is 0.267 e. The van der Waals surface area contributed by atoms with Crippen molar-refractivity contribution in [1.82, 2.24) is 14.2 Å². The second kappa shape index (κ2) is 9.17. The predicted octanol–water partition coefficient (Wildman–Crippen LogP) is 3.36. The quantitative estimate of drug-likeness (QED) is 0.567. The molecule has 3 heterocycles. The molecule has 0 saturated carbocycles. The number of nitrogens with zero attached hydrogens (tertiary/aromatic N) is 3. The number of aromatic nitrogens is 1. The summed E-state index contributed by atoms with van der Waals surface area (Å²) in [6, 6.07) is 14.9. The summed E-state index contributed by atoms with van der Waals surface area (Å²) in [4.78, 5) is 20.5. The summed E-state index contributed by atoms with van der Waals surface area (Å²) in [5.41, 5.74) is 1.03. The summed E-state index contributed by atoms with van der Waals surface area (Å²) in [7, 11) is -3.61. The minimum absolute atomic E-state index is 0.131. The summed E-state index contributed by atoms with van der Waals surface area (Å²) >= 11 is 1.40. The van der Waals surface area contributed by atoms with Gasteiger partial charge >= 0.3 is 0 Å². The summed E-state index contributed by atoms with van der Waals surface area (Å²) in [6.07, 6.45) is 2.88. The second-order valence-electron chi connectivity index (χ2n) is 6.99. The Hall–Kier alpha value is -2.75. The molecule has 0 bridgehead atoms. The first-order chi connectivity index (χ1) is 15.0. The number of ether oxygens (including phenoxy) is 1. The lowest BCUT2D eigenvalue weighted by molar-refractivity contribution is 0.0699. The number of sulfonamides is 1. The van der Waals surface area contributed by atoms with Crippen molar-refractivity contribution < 1.29 is 17.9 Å². The van der Waals surface area contributed by atoms with Gasteiger partial charge in [0.25, 0.3) is 5.91 Å². The molecule has 162 valence electrons. The van der Waals surface area contributed by atoms with Gasteiger partial charge in [0.2, 0.25) is 10.0 Å². The Morgan fingerprint density at radius 1 is 1.10 bits per heavy atom. The first-order valence-corrected chi connectivity index (χ1v) is 12.3. The molecular weight excluding hydrogens is 434 g/mol. The highest BCUT2D eigenvalue weighted by molar-refractivity contribution is 7.89. The summed E-state index contributed by atoms with van der Waals surface area (Å²) in [5, 5.41) is 0. The van der Waals surface area contributed by atoms with Gasteiger partial charge in [-0.2, -0.15) is 4.31 Å². The van der Waals surface area contributed by atoms with Crippen LogP contribution in [-0.4, -0.2) is 61.3 Å². The van der Waals surface area contributed by atoms with Crippen LogP contribution in [-0.2, 0) is 10.0 Å². The van der Waals surface area contributed by atoms with Crippen LogP contribution in [0.5, 0.6) is 5.75 Å². The van der Waals surface area contributed by atoms with Crippen molar-refractivity contribution >= 4 is 27.3 Å². The molecular formula is C22H23N3O4S2. The van der Waals surface area contributed by atoms with Crippen molar-refractivity contribution in [2.45, 2.75) is 11.8 Å². The number of rotatable bonds is 6. The highest BCUT2D eigenvalue weighted by atomic mass is 32.2.